The molecule has 0 atom stereocenters. The number of benzene rings is 1. The van der Waals surface area contributed by atoms with Crippen molar-refractivity contribution in [3.8, 4) is 0 Å². The lowest BCUT2D eigenvalue weighted by atomic mass is 9.75. The Morgan fingerprint density at radius 2 is 2.00 bits per heavy atom. The van der Waals surface area contributed by atoms with Gasteiger partial charge in [-0.05, 0) is 48.9 Å². The maximum absolute atomic E-state index is 6.03. The van der Waals surface area contributed by atoms with Crippen LogP contribution in [0.15, 0.2) is 24.3 Å². The summed E-state index contributed by atoms with van der Waals surface area (Å²) in [5, 5.41) is 4.56. The molecule has 0 radical (unpaired) electrons. The molecule has 1 saturated carbocycles. The fourth-order valence-corrected chi connectivity index (χ4v) is 2.93. The van der Waals surface area contributed by atoms with Gasteiger partial charge in [-0.2, -0.15) is 0 Å². The molecule has 1 aliphatic carbocycles. The number of halogens is 1. The van der Waals surface area contributed by atoms with Gasteiger partial charge in [0.25, 0.3) is 0 Å². The SMILES string of the molecule is CCC(CC)CNC1CC(c2cccc(Cl)c2)C1. The summed E-state index contributed by atoms with van der Waals surface area (Å²) in [5.41, 5.74) is 1.41. The van der Waals surface area contributed by atoms with Gasteiger partial charge in [-0.25, -0.2) is 0 Å². The number of nitrogens with one attached hydrogen (secondary N) is 1. The van der Waals surface area contributed by atoms with Gasteiger partial charge in [0, 0.05) is 11.1 Å². The zero-order valence-electron chi connectivity index (χ0n) is 11.5. The van der Waals surface area contributed by atoms with Crippen molar-refractivity contribution in [1.82, 2.24) is 5.32 Å². The standard InChI is InChI=1S/C16H24ClN/c1-3-12(4-2)11-18-16-9-14(10-16)13-6-5-7-15(17)8-13/h5-8,12,14,16,18H,3-4,9-11H2,1-2H3. The van der Waals surface area contributed by atoms with Crippen molar-refractivity contribution >= 4 is 11.6 Å². The molecule has 1 fully saturated rings. The van der Waals surface area contributed by atoms with Crippen LogP contribution in [-0.4, -0.2) is 12.6 Å². The Bertz CT molecular complexity index is 367. The van der Waals surface area contributed by atoms with E-state index >= 15 is 0 Å². The van der Waals surface area contributed by atoms with Crippen LogP contribution >= 0.6 is 11.6 Å². The zero-order chi connectivity index (χ0) is 13.0. The molecule has 0 heterocycles. The van der Waals surface area contributed by atoms with Crippen molar-refractivity contribution < 1.29 is 0 Å². The van der Waals surface area contributed by atoms with Gasteiger partial charge in [0.1, 0.15) is 0 Å². The summed E-state index contributed by atoms with van der Waals surface area (Å²) in [5.74, 6) is 1.55. The average molecular weight is 266 g/mol. The zero-order valence-corrected chi connectivity index (χ0v) is 12.2. The Balaban J connectivity index is 1.74. The van der Waals surface area contributed by atoms with Crippen LogP contribution < -0.4 is 5.32 Å². The molecule has 2 rings (SSSR count). The van der Waals surface area contributed by atoms with Gasteiger partial charge >= 0.3 is 0 Å². The fourth-order valence-electron chi connectivity index (χ4n) is 2.73. The number of hydrogen-bond acceptors (Lipinski definition) is 1. The van der Waals surface area contributed by atoms with Crippen molar-refractivity contribution in [2.75, 3.05) is 6.54 Å². The van der Waals surface area contributed by atoms with E-state index in [0.717, 1.165) is 17.0 Å². The smallest absolute Gasteiger partial charge is 0.0408 e. The molecule has 1 nitrogen and oxygen atoms in total. The van der Waals surface area contributed by atoms with Crippen LogP contribution in [0, 0.1) is 5.92 Å². The third-order valence-electron chi connectivity index (χ3n) is 4.31. The predicted molar refractivity (Wildman–Crippen MR) is 79.3 cm³/mol. The van der Waals surface area contributed by atoms with Gasteiger partial charge < -0.3 is 5.32 Å². The van der Waals surface area contributed by atoms with Crippen LogP contribution in [0.25, 0.3) is 0 Å². The van der Waals surface area contributed by atoms with Gasteiger partial charge in [0.2, 0.25) is 0 Å². The van der Waals surface area contributed by atoms with E-state index in [-0.39, 0.29) is 0 Å². The van der Waals surface area contributed by atoms with Gasteiger partial charge in [-0.1, -0.05) is 50.4 Å². The monoisotopic (exact) mass is 265 g/mol. The highest BCUT2D eigenvalue weighted by molar-refractivity contribution is 6.30. The molecular weight excluding hydrogens is 242 g/mol. The lowest BCUT2D eigenvalue weighted by Gasteiger charge is -2.37. The van der Waals surface area contributed by atoms with E-state index in [1.165, 1.54) is 37.8 Å². The van der Waals surface area contributed by atoms with E-state index in [2.05, 4.69) is 37.4 Å². The fraction of sp³-hybridized carbons (Fsp3) is 0.625. The molecule has 0 aromatic heterocycles. The summed E-state index contributed by atoms with van der Waals surface area (Å²) in [6, 6.07) is 9.04. The first-order valence-electron chi connectivity index (χ1n) is 7.21. The van der Waals surface area contributed by atoms with E-state index in [9.17, 15) is 0 Å². The van der Waals surface area contributed by atoms with Crippen molar-refractivity contribution in [3.63, 3.8) is 0 Å². The summed E-state index contributed by atoms with van der Waals surface area (Å²) in [4.78, 5) is 0. The Hall–Kier alpha value is -0.530. The molecule has 0 unspecified atom stereocenters. The molecule has 0 bridgehead atoms. The lowest BCUT2D eigenvalue weighted by molar-refractivity contribution is 0.272. The van der Waals surface area contributed by atoms with E-state index < -0.39 is 0 Å². The summed E-state index contributed by atoms with van der Waals surface area (Å²) in [6.45, 7) is 5.75. The molecule has 0 amide bonds. The van der Waals surface area contributed by atoms with Crippen molar-refractivity contribution in [2.45, 2.75) is 51.5 Å². The maximum atomic E-state index is 6.03. The molecule has 1 aromatic rings. The van der Waals surface area contributed by atoms with Crippen LogP contribution in [0.5, 0.6) is 0 Å². The summed E-state index contributed by atoms with van der Waals surface area (Å²) in [6.07, 6.45) is 5.10. The quantitative estimate of drug-likeness (QED) is 0.792. The average Bonchev–Trinajstić information content (AvgIpc) is 2.32. The van der Waals surface area contributed by atoms with Gasteiger partial charge in [-0.3, -0.25) is 0 Å². The lowest BCUT2D eigenvalue weighted by Crippen LogP contribution is -2.42. The third kappa shape index (κ3) is 3.49. The summed E-state index contributed by atoms with van der Waals surface area (Å²) >= 11 is 6.03. The molecular formula is C16H24ClN. The highest BCUT2D eigenvalue weighted by Gasteiger charge is 2.30. The molecule has 1 N–H and O–H groups in total. The molecule has 0 aliphatic heterocycles. The molecule has 0 spiro atoms. The van der Waals surface area contributed by atoms with E-state index in [1.807, 2.05) is 6.07 Å². The van der Waals surface area contributed by atoms with Crippen LogP contribution in [0.4, 0.5) is 0 Å². The van der Waals surface area contributed by atoms with Crippen LogP contribution in [0.1, 0.15) is 51.0 Å². The highest BCUT2D eigenvalue weighted by Crippen LogP contribution is 2.37. The Morgan fingerprint density at radius 3 is 2.61 bits per heavy atom. The minimum absolute atomic E-state index is 0.711. The first kappa shape index (κ1) is 13.9. The van der Waals surface area contributed by atoms with E-state index in [4.69, 9.17) is 11.6 Å². The van der Waals surface area contributed by atoms with Crippen molar-refractivity contribution in [2.24, 2.45) is 5.92 Å². The Labute approximate surface area is 116 Å². The largest absolute Gasteiger partial charge is 0.314 e. The molecule has 1 aliphatic rings. The second-order valence-corrected chi connectivity index (χ2v) is 5.95. The van der Waals surface area contributed by atoms with Crippen molar-refractivity contribution in [1.29, 1.82) is 0 Å². The van der Waals surface area contributed by atoms with Gasteiger partial charge in [-0.15, -0.1) is 0 Å². The Kier molecular flexibility index (Phi) is 5.08. The van der Waals surface area contributed by atoms with E-state index in [1.54, 1.807) is 0 Å². The molecule has 100 valence electrons. The van der Waals surface area contributed by atoms with Crippen LogP contribution in [-0.2, 0) is 0 Å². The molecule has 1 aromatic carbocycles. The minimum atomic E-state index is 0.711. The van der Waals surface area contributed by atoms with E-state index in [0.29, 0.717) is 5.92 Å². The molecule has 18 heavy (non-hydrogen) atoms. The predicted octanol–water partition coefficient (Wildman–Crippen LogP) is 4.61. The third-order valence-corrected chi connectivity index (χ3v) is 4.54. The Morgan fingerprint density at radius 1 is 1.28 bits per heavy atom. The normalized spacial score (nSPS) is 23.1. The number of hydrogen-bond donors (Lipinski definition) is 1. The maximum Gasteiger partial charge on any atom is 0.0408 e. The molecule has 2 heteroatoms. The summed E-state index contributed by atoms with van der Waals surface area (Å²) < 4.78 is 0. The number of rotatable bonds is 6. The second-order valence-electron chi connectivity index (χ2n) is 5.51. The van der Waals surface area contributed by atoms with Gasteiger partial charge in [0.05, 0.1) is 0 Å². The first-order valence-corrected chi connectivity index (χ1v) is 7.59. The van der Waals surface area contributed by atoms with Crippen molar-refractivity contribution in [3.05, 3.63) is 34.9 Å². The highest BCUT2D eigenvalue weighted by atomic mass is 35.5. The molecule has 0 saturated heterocycles. The summed E-state index contributed by atoms with van der Waals surface area (Å²) in [7, 11) is 0. The minimum Gasteiger partial charge on any atom is -0.314 e. The van der Waals surface area contributed by atoms with Gasteiger partial charge in [0.15, 0.2) is 0 Å². The van der Waals surface area contributed by atoms with Crippen LogP contribution in [0.2, 0.25) is 5.02 Å². The second kappa shape index (κ2) is 6.58. The topological polar surface area (TPSA) is 12.0 Å². The van der Waals surface area contributed by atoms with Crippen LogP contribution in [0.3, 0.4) is 0 Å². The first-order chi connectivity index (χ1) is 8.72.